The van der Waals surface area contributed by atoms with E-state index in [0.29, 0.717) is 34.7 Å². The summed E-state index contributed by atoms with van der Waals surface area (Å²) < 4.78 is 13.3. The maximum absolute atomic E-state index is 6.17. The van der Waals surface area contributed by atoms with Gasteiger partial charge in [-0.05, 0) is 63.5 Å². The molecule has 0 atom stereocenters. The fourth-order valence-corrected chi connectivity index (χ4v) is 4.01. The summed E-state index contributed by atoms with van der Waals surface area (Å²) in [5.74, 6) is 1.24. The molecule has 0 heterocycles. The Bertz CT molecular complexity index is 1020. The summed E-state index contributed by atoms with van der Waals surface area (Å²) in [6.07, 6.45) is 1.69. The third-order valence-electron chi connectivity index (χ3n) is 4.17. The molecular weight excluding hydrogens is 555 g/mol. The van der Waals surface area contributed by atoms with Gasteiger partial charge in [0.05, 0.1) is 24.3 Å². The molecular formula is C22H18Br2Cl2N2O2. The number of hydrogen-bond acceptors (Lipinski definition) is 4. The summed E-state index contributed by atoms with van der Waals surface area (Å²) in [7, 11) is 1.60. The van der Waals surface area contributed by atoms with E-state index in [1.165, 1.54) is 0 Å². The van der Waals surface area contributed by atoms with E-state index < -0.39 is 0 Å². The van der Waals surface area contributed by atoms with Crippen molar-refractivity contribution in [1.82, 2.24) is 5.43 Å². The van der Waals surface area contributed by atoms with Crippen LogP contribution in [0, 0.1) is 0 Å². The lowest BCUT2D eigenvalue weighted by Gasteiger charge is -2.13. The lowest BCUT2D eigenvalue weighted by molar-refractivity contribution is 0.282. The van der Waals surface area contributed by atoms with E-state index in [1.807, 2.05) is 42.5 Å². The molecule has 0 aromatic heterocycles. The zero-order valence-corrected chi connectivity index (χ0v) is 20.6. The monoisotopic (exact) mass is 570 g/mol. The van der Waals surface area contributed by atoms with Gasteiger partial charge in [0.15, 0.2) is 11.5 Å². The smallest absolute Gasteiger partial charge is 0.175 e. The van der Waals surface area contributed by atoms with Crippen molar-refractivity contribution in [2.75, 3.05) is 7.11 Å². The van der Waals surface area contributed by atoms with Gasteiger partial charge >= 0.3 is 0 Å². The summed E-state index contributed by atoms with van der Waals surface area (Å²) in [4.78, 5) is 0. The molecule has 3 rings (SSSR count). The van der Waals surface area contributed by atoms with Gasteiger partial charge in [0.2, 0.25) is 0 Å². The SMILES string of the molecule is COc1cc(/C=N\NCc2c(Cl)cccc2Cl)cc(Br)c1OCc1ccc(Br)cc1. The van der Waals surface area contributed by atoms with Gasteiger partial charge in [0.1, 0.15) is 6.61 Å². The highest BCUT2D eigenvalue weighted by Crippen LogP contribution is 2.37. The normalized spacial score (nSPS) is 11.0. The first-order valence-electron chi connectivity index (χ1n) is 8.91. The number of methoxy groups -OCH3 is 1. The highest BCUT2D eigenvalue weighted by molar-refractivity contribution is 9.10. The minimum Gasteiger partial charge on any atom is -0.493 e. The highest BCUT2D eigenvalue weighted by Gasteiger charge is 2.12. The highest BCUT2D eigenvalue weighted by atomic mass is 79.9. The quantitative estimate of drug-likeness (QED) is 0.229. The molecule has 0 aliphatic carbocycles. The molecule has 0 fully saturated rings. The molecule has 0 aliphatic rings. The fourth-order valence-electron chi connectivity index (χ4n) is 2.64. The van der Waals surface area contributed by atoms with E-state index in [-0.39, 0.29) is 0 Å². The summed E-state index contributed by atoms with van der Waals surface area (Å²) >= 11 is 19.3. The lowest BCUT2D eigenvalue weighted by atomic mass is 10.2. The van der Waals surface area contributed by atoms with Crippen LogP contribution in [0.2, 0.25) is 10.0 Å². The van der Waals surface area contributed by atoms with E-state index in [4.69, 9.17) is 32.7 Å². The third kappa shape index (κ3) is 6.14. The Balaban J connectivity index is 1.67. The maximum Gasteiger partial charge on any atom is 0.175 e. The molecule has 0 aliphatic heterocycles. The van der Waals surface area contributed by atoms with Crippen LogP contribution in [-0.4, -0.2) is 13.3 Å². The molecule has 1 N–H and O–H groups in total. The number of halogens is 4. The standard InChI is InChI=1S/C22H18Br2Cl2N2O2/c1-29-21-10-15(11-27-28-12-17-19(25)3-2-4-20(17)26)9-18(24)22(21)30-13-14-5-7-16(23)8-6-14/h2-11,28H,12-13H2,1H3/b27-11-. The van der Waals surface area contributed by atoms with Crippen LogP contribution in [0.4, 0.5) is 0 Å². The Morgan fingerprint density at radius 2 is 1.73 bits per heavy atom. The zero-order valence-electron chi connectivity index (χ0n) is 16.0. The average Bonchev–Trinajstić information content (AvgIpc) is 2.73. The number of hydrazone groups is 1. The largest absolute Gasteiger partial charge is 0.493 e. The second-order valence-corrected chi connectivity index (χ2v) is 8.83. The molecule has 8 heteroatoms. The van der Waals surface area contributed by atoms with Gasteiger partial charge in [-0.1, -0.05) is 57.3 Å². The molecule has 0 amide bonds. The van der Waals surface area contributed by atoms with Gasteiger partial charge in [-0.2, -0.15) is 5.10 Å². The molecule has 30 heavy (non-hydrogen) atoms. The summed E-state index contributed by atoms with van der Waals surface area (Å²) in [5, 5.41) is 5.45. The summed E-state index contributed by atoms with van der Waals surface area (Å²) in [5.41, 5.74) is 5.66. The molecule has 3 aromatic rings. The molecule has 0 saturated heterocycles. The minimum atomic E-state index is 0.418. The van der Waals surface area contributed by atoms with Crippen LogP contribution in [0.15, 0.2) is 68.6 Å². The number of hydrogen-bond donors (Lipinski definition) is 1. The van der Waals surface area contributed by atoms with Gasteiger partial charge in [-0.3, -0.25) is 0 Å². The second-order valence-electron chi connectivity index (χ2n) is 6.24. The van der Waals surface area contributed by atoms with Gasteiger partial charge in [-0.25, -0.2) is 0 Å². The summed E-state index contributed by atoms with van der Waals surface area (Å²) in [6, 6.07) is 17.1. The number of rotatable bonds is 8. The Morgan fingerprint density at radius 3 is 2.40 bits per heavy atom. The van der Waals surface area contributed by atoms with E-state index in [9.17, 15) is 0 Å². The number of benzene rings is 3. The number of ether oxygens (including phenoxy) is 2. The van der Waals surface area contributed by atoms with E-state index >= 15 is 0 Å². The van der Waals surface area contributed by atoms with Crippen LogP contribution >= 0.6 is 55.1 Å². The van der Waals surface area contributed by atoms with Crippen LogP contribution in [0.5, 0.6) is 11.5 Å². The van der Waals surface area contributed by atoms with Crippen molar-refractivity contribution in [3.63, 3.8) is 0 Å². The van der Waals surface area contributed by atoms with Crippen LogP contribution in [0.25, 0.3) is 0 Å². The van der Waals surface area contributed by atoms with Crippen LogP contribution in [0.3, 0.4) is 0 Å². The maximum atomic E-state index is 6.17. The topological polar surface area (TPSA) is 42.8 Å². The van der Waals surface area contributed by atoms with Gasteiger partial charge in [0.25, 0.3) is 0 Å². The van der Waals surface area contributed by atoms with Crippen LogP contribution in [0.1, 0.15) is 16.7 Å². The second kappa shape index (κ2) is 11.0. The Kier molecular flexibility index (Phi) is 8.45. The zero-order chi connectivity index (χ0) is 21.5. The molecule has 0 radical (unpaired) electrons. The van der Waals surface area contributed by atoms with E-state index in [2.05, 4.69) is 42.4 Å². The predicted octanol–water partition coefficient (Wildman–Crippen LogP) is 7.23. The number of nitrogens with one attached hydrogen (secondary N) is 1. The number of nitrogens with zero attached hydrogens (tertiary/aromatic N) is 1. The van der Waals surface area contributed by atoms with Gasteiger partial charge in [0, 0.05) is 20.1 Å². The van der Waals surface area contributed by atoms with E-state index in [1.54, 1.807) is 25.5 Å². The van der Waals surface area contributed by atoms with Gasteiger partial charge < -0.3 is 14.9 Å². The minimum absolute atomic E-state index is 0.418. The molecule has 3 aromatic carbocycles. The lowest BCUT2D eigenvalue weighted by Crippen LogP contribution is -2.07. The molecule has 0 unspecified atom stereocenters. The fraction of sp³-hybridized carbons (Fsp3) is 0.136. The van der Waals surface area contributed by atoms with Crippen LogP contribution in [-0.2, 0) is 13.2 Å². The first kappa shape index (κ1) is 22.9. The van der Waals surface area contributed by atoms with Crippen molar-refractivity contribution in [2.45, 2.75) is 13.2 Å². The van der Waals surface area contributed by atoms with Crippen molar-refractivity contribution < 1.29 is 9.47 Å². The Morgan fingerprint density at radius 1 is 1.03 bits per heavy atom. The first-order chi connectivity index (χ1) is 14.5. The van der Waals surface area contributed by atoms with Crippen molar-refractivity contribution >= 4 is 61.3 Å². The predicted molar refractivity (Wildman–Crippen MR) is 130 cm³/mol. The van der Waals surface area contributed by atoms with Crippen LogP contribution < -0.4 is 14.9 Å². The van der Waals surface area contributed by atoms with Crippen molar-refractivity contribution in [3.8, 4) is 11.5 Å². The molecule has 0 saturated carbocycles. The summed E-state index contributed by atoms with van der Waals surface area (Å²) in [6.45, 7) is 0.845. The third-order valence-corrected chi connectivity index (χ3v) is 6.00. The van der Waals surface area contributed by atoms with E-state index in [0.717, 1.165) is 25.6 Å². The molecule has 156 valence electrons. The first-order valence-corrected chi connectivity index (χ1v) is 11.3. The van der Waals surface area contributed by atoms with Crippen molar-refractivity contribution in [3.05, 3.63) is 90.3 Å². The molecule has 4 nitrogen and oxygen atoms in total. The van der Waals surface area contributed by atoms with Crippen molar-refractivity contribution in [1.29, 1.82) is 0 Å². The molecule has 0 bridgehead atoms. The Hall–Kier alpha value is -1.73. The average molecular weight is 573 g/mol. The van der Waals surface area contributed by atoms with Gasteiger partial charge in [-0.15, -0.1) is 0 Å². The Labute approximate surface area is 202 Å². The van der Waals surface area contributed by atoms with Crippen molar-refractivity contribution in [2.24, 2.45) is 5.10 Å². The molecule has 0 spiro atoms.